The highest BCUT2D eigenvalue weighted by Gasteiger charge is 2.22. The van der Waals surface area contributed by atoms with Gasteiger partial charge in [-0.2, -0.15) is 0 Å². The molecule has 6 heteroatoms. The molecule has 0 spiro atoms. The molecule has 3 N–H and O–H groups in total. The Morgan fingerprint density at radius 1 is 1.53 bits per heavy atom. The first-order chi connectivity index (χ1) is 9.20. The largest absolute Gasteiger partial charge is 0.495 e. The highest BCUT2D eigenvalue weighted by atomic mass is 16.6. The smallest absolute Gasteiger partial charge is 0.251 e. The van der Waals surface area contributed by atoms with Crippen LogP contribution < -0.4 is 15.8 Å². The van der Waals surface area contributed by atoms with Crippen molar-refractivity contribution in [2.24, 2.45) is 0 Å². The van der Waals surface area contributed by atoms with Crippen LogP contribution in [0, 0.1) is 0 Å². The zero-order valence-corrected chi connectivity index (χ0v) is 10.8. The summed E-state index contributed by atoms with van der Waals surface area (Å²) in [7, 11) is 1.56. The third kappa shape index (κ3) is 3.59. The molecular formula is C13H18N2O4. The maximum Gasteiger partial charge on any atom is 0.251 e. The summed E-state index contributed by atoms with van der Waals surface area (Å²) in [6, 6.07) is 5.40. The Morgan fingerprint density at radius 2 is 2.37 bits per heavy atom. The molecule has 6 nitrogen and oxygen atoms in total. The van der Waals surface area contributed by atoms with Crippen LogP contribution in [0.5, 0.6) is 5.75 Å². The molecule has 19 heavy (non-hydrogen) atoms. The predicted octanol–water partition coefficient (Wildman–Crippen LogP) is 0.309. The zero-order chi connectivity index (χ0) is 13.7. The minimum atomic E-state index is -0.524. The van der Waals surface area contributed by atoms with Crippen molar-refractivity contribution >= 4 is 11.6 Å². The summed E-state index contributed by atoms with van der Waals surface area (Å²) in [5.41, 5.74) is 7.25. The van der Waals surface area contributed by atoms with Crippen molar-refractivity contribution in [2.75, 3.05) is 32.7 Å². The molecular weight excluding hydrogens is 248 g/mol. The van der Waals surface area contributed by atoms with E-state index >= 15 is 0 Å². The van der Waals surface area contributed by atoms with Crippen molar-refractivity contribution in [3.63, 3.8) is 0 Å². The van der Waals surface area contributed by atoms with Crippen molar-refractivity contribution in [3.8, 4) is 5.75 Å². The summed E-state index contributed by atoms with van der Waals surface area (Å²) in [6.45, 7) is 1.69. The van der Waals surface area contributed by atoms with E-state index in [0.29, 0.717) is 37.8 Å². The molecule has 1 aliphatic rings. The van der Waals surface area contributed by atoms with Gasteiger partial charge in [0.1, 0.15) is 5.75 Å². The van der Waals surface area contributed by atoms with Gasteiger partial charge < -0.3 is 25.3 Å². The van der Waals surface area contributed by atoms with Crippen molar-refractivity contribution in [2.45, 2.75) is 12.6 Å². The lowest BCUT2D eigenvalue weighted by molar-refractivity contribution is -0.147. The monoisotopic (exact) mass is 266 g/mol. The van der Waals surface area contributed by atoms with Crippen LogP contribution >= 0.6 is 0 Å². The number of rotatable bonds is 4. The van der Waals surface area contributed by atoms with E-state index in [2.05, 4.69) is 5.32 Å². The van der Waals surface area contributed by atoms with Crippen LogP contribution in [0.25, 0.3) is 0 Å². The second-order valence-electron chi connectivity index (χ2n) is 4.23. The van der Waals surface area contributed by atoms with E-state index in [4.69, 9.17) is 19.9 Å². The fourth-order valence-electron chi connectivity index (χ4n) is 1.84. The molecule has 0 saturated carbocycles. The lowest BCUT2D eigenvalue weighted by Crippen LogP contribution is -2.42. The number of hydrogen-bond donors (Lipinski definition) is 2. The highest BCUT2D eigenvalue weighted by Crippen LogP contribution is 2.21. The molecule has 1 saturated heterocycles. The Balaban J connectivity index is 1.87. The standard InChI is InChI=1S/C13H18N2O4/c1-17-11-3-2-9(6-10(11)14)7-15-13(16)12-8-18-4-5-19-12/h2-3,6,12H,4-5,7-8,14H2,1H3,(H,15,16). The van der Waals surface area contributed by atoms with Crippen LogP contribution in [0.2, 0.25) is 0 Å². The van der Waals surface area contributed by atoms with Gasteiger partial charge in [0.05, 0.1) is 32.6 Å². The van der Waals surface area contributed by atoms with Crippen LogP contribution in [0.15, 0.2) is 18.2 Å². The van der Waals surface area contributed by atoms with Gasteiger partial charge in [0, 0.05) is 6.54 Å². The lowest BCUT2D eigenvalue weighted by Gasteiger charge is -2.22. The molecule has 1 aromatic rings. The summed E-state index contributed by atoms with van der Waals surface area (Å²) in [6.07, 6.45) is -0.524. The summed E-state index contributed by atoms with van der Waals surface area (Å²) in [5.74, 6) is 0.452. The molecule has 2 rings (SSSR count). The lowest BCUT2D eigenvalue weighted by atomic mass is 10.2. The van der Waals surface area contributed by atoms with Gasteiger partial charge >= 0.3 is 0 Å². The highest BCUT2D eigenvalue weighted by molar-refractivity contribution is 5.81. The third-order valence-electron chi connectivity index (χ3n) is 2.87. The van der Waals surface area contributed by atoms with E-state index in [1.807, 2.05) is 6.07 Å². The van der Waals surface area contributed by atoms with Crippen molar-refractivity contribution in [1.82, 2.24) is 5.32 Å². The van der Waals surface area contributed by atoms with Gasteiger partial charge in [-0.15, -0.1) is 0 Å². The van der Waals surface area contributed by atoms with Crippen molar-refractivity contribution < 1.29 is 19.0 Å². The Bertz CT molecular complexity index is 444. The number of benzene rings is 1. The quantitative estimate of drug-likeness (QED) is 0.766. The van der Waals surface area contributed by atoms with Gasteiger partial charge in [-0.25, -0.2) is 0 Å². The van der Waals surface area contributed by atoms with Crippen molar-refractivity contribution in [3.05, 3.63) is 23.8 Å². The van der Waals surface area contributed by atoms with Gasteiger partial charge in [0.25, 0.3) is 5.91 Å². The first kappa shape index (κ1) is 13.6. The summed E-state index contributed by atoms with van der Waals surface area (Å²) < 4.78 is 15.6. The van der Waals surface area contributed by atoms with Gasteiger partial charge in [-0.05, 0) is 17.7 Å². The summed E-state index contributed by atoms with van der Waals surface area (Å²) in [4.78, 5) is 11.8. The molecule has 1 unspecified atom stereocenters. The average Bonchev–Trinajstić information content (AvgIpc) is 2.46. The van der Waals surface area contributed by atoms with E-state index in [9.17, 15) is 4.79 Å². The predicted molar refractivity (Wildman–Crippen MR) is 69.8 cm³/mol. The fraction of sp³-hybridized carbons (Fsp3) is 0.462. The minimum Gasteiger partial charge on any atom is -0.495 e. The number of hydrogen-bond acceptors (Lipinski definition) is 5. The average molecular weight is 266 g/mol. The van der Waals surface area contributed by atoms with E-state index < -0.39 is 6.10 Å². The van der Waals surface area contributed by atoms with Gasteiger partial charge in [-0.1, -0.05) is 6.07 Å². The third-order valence-corrected chi connectivity index (χ3v) is 2.87. The van der Waals surface area contributed by atoms with Crippen LogP contribution in [-0.2, 0) is 20.8 Å². The molecule has 1 heterocycles. The molecule has 1 amide bonds. The van der Waals surface area contributed by atoms with Crippen LogP contribution in [0.4, 0.5) is 5.69 Å². The Morgan fingerprint density at radius 3 is 3.00 bits per heavy atom. The Kier molecular flexibility index (Phi) is 4.59. The minimum absolute atomic E-state index is 0.172. The number of nitrogens with two attached hydrogens (primary N) is 1. The molecule has 0 radical (unpaired) electrons. The van der Waals surface area contributed by atoms with E-state index in [-0.39, 0.29) is 5.91 Å². The maximum absolute atomic E-state index is 11.8. The van der Waals surface area contributed by atoms with E-state index in [1.165, 1.54) is 0 Å². The van der Waals surface area contributed by atoms with Gasteiger partial charge in [0.2, 0.25) is 0 Å². The fourth-order valence-corrected chi connectivity index (χ4v) is 1.84. The normalized spacial score (nSPS) is 18.9. The molecule has 104 valence electrons. The second-order valence-corrected chi connectivity index (χ2v) is 4.23. The number of methoxy groups -OCH3 is 1. The van der Waals surface area contributed by atoms with Crippen LogP contribution in [0.1, 0.15) is 5.56 Å². The molecule has 1 aliphatic heterocycles. The van der Waals surface area contributed by atoms with Crippen LogP contribution in [0.3, 0.4) is 0 Å². The van der Waals surface area contributed by atoms with E-state index in [1.54, 1.807) is 19.2 Å². The molecule has 0 aliphatic carbocycles. The summed E-state index contributed by atoms with van der Waals surface area (Å²) in [5, 5.41) is 2.79. The molecule has 1 aromatic carbocycles. The molecule has 0 aromatic heterocycles. The number of ether oxygens (including phenoxy) is 3. The second kappa shape index (κ2) is 6.40. The number of amides is 1. The van der Waals surface area contributed by atoms with Crippen molar-refractivity contribution in [1.29, 1.82) is 0 Å². The first-order valence-corrected chi connectivity index (χ1v) is 6.10. The Labute approximate surface area is 111 Å². The number of carbonyl (C=O) groups is 1. The number of carbonyl (C=O) groups excluding carboxylic acids is 1. The molecule has 0 bridgehead atoms. The topological polar surface area (TPSA) is 82.8 Å². The maximum atomic E-state index is 11.8. The van der Waals surface area contributed by atoms with Gasteiger partial charge in [-0.3, -0.25) is 4.79 Å². The number of nitrogens with one attached hydrogen (secondary N) is 1. The van der Waals surface area contributed by atoms with E-state index in [0.717, 1.165) is 5.56 Å². The van der Waals surface area contributed by atoms with Crippen LogP contribution in [-0.4, -0.2) is 38.9 Å². The molecule has 1 atom stereocenters. The number of nitrogen functional groups attached to an aromatic ring is 1. The summed E-state index contributed by atoms with van der Waals surface area (Å²) >= 11 is 0. The molecule has 1 fully saturated rings. The number of anilines is 1. The first-order valence-electron chi connectivity index (χ1n) is 6.10. The SMILES string of the molecule is COc1ccc(CNC(=O)C2COCCO2)cc1N. The zero-order valence-electron chi connectivity index (χ0n) is 10.8. The van der Waals surface area contributed by atoms with Gasteiger partial charge in [0.15, 0.2) is 6.10 Å². The Hall–Kier alpha value is -1.79.